The summed E-state index contributed by atoms with van der Waals surface area (Å²) in [5, 5.41) is 0.662. The molecule has 2 unspecified atom stereocenters. The molecule has 1 heterocycles. The van der Waals surface area contributed by atoms with Gasteiger partial charge in [0.15, 0.2) is 11.5 Å². The van der Waals surface area contributed by atoms with Crippen molar-refractivity contribution in [3.8, 4) is 11.5 Å². The topological polar surface area (TPSA) is 44.5 Å². The van der Waals surface area contributed by atoms with Crippen LogP contribution in [0.2, 0.25) is 5.02 Å². The Hall–Kier alpha value is -0.930. The highest BCUT2D eigenvalue weighted by Gasteiger charge is 2.22. The third-order valence-corrected chi connectivity index (χ3v) is 4.01. The van der Waals surface area contributed by atoms with E-state index in [1.165, 1.54) is 0 Å². The first-order valence-electron chi connectivity index (χ1n) is 7.61. The van der Waals surface area contributed by atoms with Crippen LogP contribution in [0.3, 0.4) is 0 Å². The summed E-state index contributed by atoms with van der Waals surface area (Å²) in [5.74, 6) is 2.01. The van der Waals surface area contributed by atoms with Crippen LogP contribution in [0.15, 0.2) is 12.1 Å². The van der Waals surface area contributed by atoms with E-state index in [1.54, 1.807) is 0 Å². The third kappa shape index (κ3) is 4.52. The van der Waals surface area contributed by atoms with E-state index in [2.05, 4.69) is 27.7 Å². The highest BCUT2D eigenvalue weighted by atomic mass is 35.5. The van der Waals surface area contributed by atoms with Gasteiger partial charge in [0.1, 0.15) is 13.2 Å². The zero-order valence-corrected chi connectivity index (χ0v) is 14.2. The van der Waals surface area contributed by atoms with E-state index in [0.717, 1.165) is 24.2 Å². The summed E-state index contributed by atoms with van der Waals surface area (Å²) in [6, 6.07) is 3.68. The molecule has 0 aliphatic carbocycles. The van der Waals surface area contributed by atoms with Crippen molar-refractivity contribution in [3.63, 3.8) is 0 Å². The van der Waals surface area contributed by atoms with Crippen LogP contribution in [-0.2, 0) is 0 Å². The molecule has 21 heavy (non-hydrogen) atoms. The number of fused-ring (bicyclic) bond motifs is 1. The van der Waals surface area contributed by atoms with Gasteiger partial charge in [0.05, 0.1) is 0 Å². The van der Waals surface area contributed by atoms with Gasteiger partial charge in [0, 0.05) is 17.1 Å². The van der Waals surface area contributed by atoms with Crippen molar-refractivity contribution in [1.82, 2.24) is 0 Å². The van der Waals surface area contributed by atoms with Crippen molar-refractivity contribution >= 4 is 11.6 Å². The molecule has 1 aliphatic heterocycles. The van der Waals surface area contributed by atoms with Crippen molar-refractivity contribution in [3.05, 3.63) is 22.7 Å². The van der Waals surface area contributed by atoms with Gasteiger partial charge in [-0.3, -0.25) is 0 Å². The van der Waals surface area contributed by atoms with Crippen LogP contribution in [0.4, 0.5) is 0 Å². The molecule has 0 saturated heterocycles. The van der Waals surface area contributed by atoms with E-state index < -0.39 is 0 Å². The Morgan fingerprint density at radius 1 is 1.19 bits per heavy atom. The second-order valence-electron chi connectivity index (χ2n) is 7.23. The second-order valence-corrected chi connectivity index (χ2v) is 7.64. The average Bonchev–Trinajstić information content (AvgIpc) is 2.35. The number of hydrogen-bond acceptors (Lipinski definition) is 3. The lowest BCUT2D eigenvalue weighted by Gasteiger charge is -2.26. The molecule has 2 N–H and O–H groups in total. The molecule has 2 rings (SSSR count). The average molecular weight is 312 g/mol. The smallest absolute Gasteiger partial charge is 0.162 e. The molecule has 2 atom stereocenters. The summed E-state index contributed by atoms with van der Waals surface area (Å²) in [6.07, 6.45) is 2.06. The molecule has 0 spiro atoms. The summed E-state index contributed by atoms with van der Waals surface area (Å²) in [5.41, 5.74) is 7.63. The highest BCUT2D eigenvalue weighted by Crippen LogP contribution is 2.39. The van der Waals surface area contributed by atoms with Crippen LogP contribution >= 0.6 is 11.6 Å². The van der Waals surface area contributed by atoms with Crippen LogP contribution in [0, 0.1) is 11.3 Å². The lowest BCUT2D eigenvalue weighted by molar-refractivity contribution is 0.171. The fourth-order valence-corrected chi connectivity index (χ4v) is 3.35. The van der Waals surface area contributed by atoms with Gasteiger partial charge < -0.3 is 15.2 Å². The lowest BCUT2D eigenvalue weighted by Crippen LogP contribution is -2.20. The Morgan fingerprint density at radius 2 is 1.76 bits per heavy atom. The van der Waals surface area contributed by atoms with Gasteiger partial charge in [-0.05, 0) is 35.8 Å². The number of hydrogen-bond donors (Lipinski definition) is 1. The van der Waals surface area contributed by atoms with Crippen molar-refractivity contribution in [1.29, 1.82) is 0 Å². The van der Waals surface area contributed by atoms with Crippen LogP contribution in [-0.4, -0.2) is 13.2 Å². The number of halogens is 1. The lowest BCUT2D eigenvalue weighted by atomic mass is 9.82. The second kappa shape index (κ2) is 6.45. The number of rotatable bonds is 4. The molecule has 0 radical (unpaired) electrons. The van der Waals surface area contributed by atoms with E-state index in [4.69, 9.17) is 26.8 Å². The first kappa shape index (κ1) is 16.4. The third-order valence-electron chi connectivity index (χ3n) is 3.68. The van der Waals surface area contributed by atoms with Gasteiger partial charge >= 0.3 is 0 Å². The zero-order chi connectivity index (χ0) is 15.6. The monoisotopic (exact) mass is 311 g/mol. The number of nitrogens with two attached hydrogens (primary N) is 1. The summed E-state index contributed by atoms with van der Waals surface area (Å²) in [4.78, 5) is 0. The molecule has 1 aliphatic rings. The van der Waals surface area contributed by atoms with E-state index >= 15 is 0 Å². The molecule has 0 aromatic heterocycles. The molecule has 0 bridgehead atoms. The molecule has 0 fully saturated rings. The standard InChI is InChI=1S/C17H26ClNO2/c1-11(10-17(2,3)4)7-14(19)12-8-15-16(9-13(12)18)21-6-5-20-15/h8-9,11,14H,5-7,10,19H2,1-4H3. The van der Waals surface area contributed by atoms with Crippen molar-refractivity contribution in [2.45, 2.75) is 46.6 Å². The Morgan fingerprint density at radius 3 is 2.33 bits per heavy atom. The molecule has 1 aromatic rings. The summed E-state index contributed by atoms with van der Waals surface area (Å²) >= 11 is 6.36. The molecule has 0 amide bonds. The van der Waals surface area contributed by atoms with E-state index in [-0.39, 0.29) is 6.04 Å². The van der Waals surface area contributed by atoms with Crippen molar-refractivity contribution < 1.29 is 9.47 Å². The quantitative estimate of drug-likeness (QED) is 0.885. The fourth-order valence-electron chi connectivity index (χ4n) is 3.05. The first-order valence-corrected chi connectivity index (χ1v) is 7.98. The number of ether oxygens (including phenoxy) is 2. The molecule has 1 aromatic carbocycles. The number of benzene rings is 1. The van der Waals surface area contributed by atoms with Crippen LogP contribution in [0.25, 0.3) is 0 Å². The first-order chi connectivity index (χ1) is 9.76. The van der Waals surface area contributed by atoms with Crippen LogP contribution in [0.1, 0.15) is 52.1 Å². The summed E-state index contributed by atoms with van der Waals surface area (Å²) in [6.45, 7) is 10.2. The van der Waals surface area contributed by atoms with Crippen molar-refractivity contribution in [2.24, 2.45) is 17.1 Å². The maximum absolute atomic E-state index is 6.37. The van der Waals surface area contributed by atoms with Gasteiger partial charge in [-0.1, -0.05) is 39.3 Å². The highest BCUT2D eigenvalue weighted by molar-refractivity contribution is 6.31. The summed E-state index contributed by atoms with van der Waals surface area (Å²) in [7, 11) is 0. The van der Waals surface area contributed by atoms with Gasteiger partial charge in [-0.25, -0.2) is 0 Å². The maximum Gasteiger partial charge on any atom is 0.162 e. The minimum absolute atomic E-state index is 0.0781. The van der Waals surface area contributed by atoms with Crippen molar-refractivity contribution in [2.75, 3.05) is 13.2 Å². The molecule has 3 nitrogen and oxygen atoms in total. The van der Waals surface area contributed by atoms with Gasteiger partial charge in [0.2, 0.25) is 0 Å². The molecular weight excluding hydrogens is 286 g/mol. The fraction of sp³-hybridized carbons (Fsp3) is 0.647. The molecule has 118 valence electrons. The van der Waals surface area contributed by atoms with E-state index in [1.807, 2.05) is 12.1 Å². The predicted molar refractivity (Wildman–Crippen MR) is 87.2 cm³/mol. The van der Waals surface area contributed by atoms with E-state index in [0.29, 0.717) is 35.3 Å². The van der Waals surface area contributed by atoms with E-state index in [9.17, 15) is 0 Å². The minimum atomic E-state index is -0.0781. The molecular formula is C17H26ClNO2. The van der Waals surface area contributed by atoms with Crippen LogP contribution in [0.5, 0.6) is 11.5 Å². The Labute approximate surface area is 132 Å². The minimum Gasteiger partial charge on any atom is -0.486 e. The van der Waals surface area contributed by atoms with Gasteiger partial charge in [-0.2, -0.15) is 0 Å². The normalized spacial score (nSPS) is 17.4. The molecule has 4 heteroatoms. The maximum atomic E-state index is 6.37. The van der Waals surface area contributed by atoms with Crippen LogP contribution < -0.4 is 15.2 Å². The Bertz CT molecular complexity index is 496. The predicted octanol–water partition coefficient (Wildman–Crippen LogP) is 4.57. The Balaban J connectivity index is 2.10. The van der Waals surface area contributed by atoms with Gasteiger partial charge in [-0.15, -0.1) is 0 Å². The Kier molecular flexibility index (Phi) is 5.05. The SMILES string of the molecule is CC(CC(N)c1cc2c(cc1Cl)OCCO2)CC(C)(C)C. The largest absolute Gasteiger partial charge is 0.486 e. The summed E-state index contributed by atoms with van der Waals surface area (Å²) < 4.78 is 11.2. The zero-order valence-electron chi connectivity index (χ0n) is 13.4. The molecule has 0 saturated carbocycles. The van der Waals surface area contributed by atoms with Gasteiger partial charge in [0.25, 0.3) is 0 Å².